The quantitative estimate of drug-likeness (QED) is 0.174. The Morgan fingerprint density at radius 3 is 1.91 bits per heavy atom. The molecule has 1 unspecified atom stereocenters. The van der Waals surface area contributed by atoms with Gasteiger partial charge in [-0.15, -0.1) is 0 Å². The molecule has 6 aromatic carbocycles. The van der Waals surface area contributed by atoms with Gasteiger partial charge in [-0.05, 0) is 47.9 Å². The summed E-state index contributed by atoms with van der Waals surface area (Å²) < 4.78 is 2.49. The van der Waals surface area contributed by atoms with Crippen molar-refractivity contribution in [3.63, 3.8) is 0 Å². The third-order valence-corrected chi connectivity index (χ3v) is 10.6. The molecular weight excluding hydrogens is 657 g/mol. The average Bonchev–Trinajstić information content (AvgIpc) is 3.59. The van der Waals surface area contributed by atoms with Gasteiger partial charge in [0.15, 0.2) is 5.82 Å². The van der Waals surface area contributed by atoms with E-state index in [1.54, 1.807) is 0 Å². The number of benzene rings is 6. The molecule has 0 radical (unpaired) electrons. The smallest absolute Gasteiger partial charge is 0.160 e. The lowest BCUT2D eigenvalue weighted by atomic mass is 9.98. The number of hydrogen-bond donors (Lipinski definition) is 0. The summed E-state index contributed by atoms with van der Waals surface area (Å²) in [6.07, 6.45) is 7.75. The number of aromatic nitrogens is 4. The van der Waals surface area contributed by atoms with E-state index in [0.29, 0.717) is 11.7 Å². The highest BCUT2D eigenvalue weighted by Crippen LogP contribution is 2.43. The maximum atomic E-state index is 5.42. The van der Waals surface area contributed by atoms with Gasteiger partial charge in [0.1, 0.15) is 0 Å². The number of hydrogen-bond acceptors (Lipinski definition) is 3. The number of rotatable bonds is 6. The van der Waals surface area contributed by atoms with Crippen molar-refractivity contribution < 1.29 is 0 Å². The highest BCUT2D eigenvalue weighted by Gasteiger charge is 2.24. The van der Waals surface area contributed by atoms with E-state index >= 15 is 0 Å². The van der Waals surface area contributed by atoms with E-state index in [1.165, 1.54) is 33.2 Å². The summed E-state index contributed by atoms with van der Waals surface area (Å²) in [4.78, 5) is 15.7. The molecule has 3 heterocycles. The molecule has 4 nitrogen and oxygen atoms in total. The minimum Gasteiger partial charge on any atom is -0.312 e. The zero-order valence-corrected chi connectivity index (χ0v) is 29.9. The first-order valence-electron chi connectivity index (χ1n) is 18.6. The third-order valence-electron chi connectivity index (χ3n) is 10.6. The van der Waals surface area contributed by atoms with E-state index in [9.17, 15) is 0 Å². The van der Waals surface area contributed by atoms with Gasteiger partial charge in [0.05, 0.1) is 33.6 Å². The van der Waals surface area contributed by atoms with Crippen LogP contribution in [0.25, 0.3) is 94.7 Å². The molecule has 256 valence electrons. The van der Waals surface area contributed by atoms with Crippen LogP contribution in [0.2, 0.25) is 0 Å². The Labute approximate surface area is 314 Å². The van der Waals surface area contributed by atoms with Crippen LogP contribution in [0.3, 0.4) is 0 Å². The van der Waals surface area contributed by atoms with Gasteiger partial charge in [0, 0.05) is 50.0 Å². The first-order chi connectivity index (χ1) is 26.7. The monoisotopic (exact) mass is 692 g/mol. The molecule has 3 aromatic heterocycles. The molecule has 1 aliphatic carbocycles. The zero-order valence-electron chi connectivity index (χ0n) is 29.9. The van der Waals surface area contributed by atoms with Crippen LogP contribution < -0.4 is 0 Å². The number of nitrogens with zero attached hydrogens (tertiary/aromatic N) is 4. The molecule has 0 fully saturated rings. The van der Waals surface area contributed by atoms with Gasteiger partial charge >= 0.3 is 0 Å². The minimum absolute atomic E-state index is 0.382. The minimum atomic E-state index is 0.382. The normalized spacial score (nSPS) is 14.2. The van der Waals surface area contributed by atoms with Gasteiger partial charge in [-0.3, -0.25) is 0 Å². The van der Waals surface area contributed by atoms with E-state index in [1.807, 2.05) is 24.3 Å². The van der Waals surface area contributed by atoms with Crippen molar-refractivity contribution in [3.8, 4) is 56.3 Å². The lowest BCUT2D eigenvalue weighted by molar-refractivity contribution is 0.725. The summed E-state index contributed by atoms with van der Waals surface area (Å²) in [5.41, 5.74) is 13.8. The topological polar surface area (TPSA) is 43.6 Å². The molecule has 54 heavy (non-hydrogen) atoms. The lowest BCUT2D eigenvalue weighted by Gasteiger charge is -2.21. The SMILES string of the molecule is CC1CC=CC=C1n1c2ccccc2c2c(-c3cccc(-c4cc(-c5ccc(-c6ccccc6)cc5)nc(-c5ccccc5)n4)c3)nc3ccccc3c21. The molecule has 4 heteroatoms. The van der Waals surface area contributed by atoms with Crippen molar-refractivity contribution >= 4 is 38.4 Å². The van der Waals surface area contributed by atoms with Gasteiger partial charge in [0.2, 0.25) is 0 Å². The van der Waals surface area contributed by atoms with Gasteiger partial charge in [-0.25, -0.2) is 15.0 Å². The fraction of sp³-hybridized carbons (Fsp3) is 0.0600. The molecule has 1 atom stereocenters. The maximum Gasteiger partial charge on any atom is 0.160 e. The van der Waals surface area contributed by atoms with Crippen molar-refractivity contribution in [2.45, 2.75) is 13.3 Å². The van der Waals surface area contributed by atoms with Gasteiger partial charge in [0.25, 0.3) is 0 Å². The van der Waals surface area contributed by atoms with E-state index in [2.05, 4.69) is 169 Å². The zero-order chi connectivity index (χ0) is 36.0. The third kappa shape index (κ3) is 5.51. The van der Waals surface area contributed by atoms with Gasteiger partial charge < -0.3 is 4.57 Å². The van der Waals surface area contributed by atoms with Crippen LogP contribution in [-0.4, -0.2) is 19.5 Å². The van der Waals surface area contributed by atoms with Gasteiger partial charge in [-0.1, -0.05) is 159 Å². The molecule has 1 aliphatic rings. The molecule has 10 rings (SSSR count). The molecular formula is C50H36N4. The van der Waals surface area contributed by atoms with Crippen LogP contribution in [0, 0.1) is 5.92 Å². The van der Waals surface area contributed by atoms with E-state index in [0.717, 1.165) is 62.0 Å². The second-order valence-electron chi connectivity index (χ2n) is 14.1. The summed E-state index contributed by atoms with van der Waals surface area (Å²) in [5, 5.41) is 3.51. The van der Waals surface area contributed by atoms with Crippen molar-refractivity contribution in [1.29, 1.82) is 0 Å². The van der Waals surface area contributed by atoms with Crippen molar-refractivity contribution in [2.24, 2.45) is 5.92 Å². The van der Waals surface area contributed by atoms with Crippen LogP contribution in [0.15, 0.2) is 182 Å². The highest BCUT2D eigenvalue weighted by atomic mass is 15.0. The molecule has 0 N–H and O–H groups in total. The van der Waals surface area contributed by atoms with Crippen molar-refractivity contribution in [1.82, 2.24) is 19.5 Å². The summed E-state index contributed by atoms with van der Waals surface area (Å²) in [6.45, 7) is 2.32. The Balaban J connectivity index is 1.17. The Morgan fingerprint density at radius 2 is 1.13 bits per heavy atom. The van der Waals surface area contributed by atoms with E-state index in [-0.39, 0.29) is 0 Å². The second-order valence-corrected chi connectivity index (χ2v) is 14.1. The van der Waals surface area contributed by atoms with Crippen LogP contribution in [-0.2, 0) is 0 Å². The summed E-state index contributed by atoms with van der Waals surface area (Å²) in [6, 6.07) is 57.5. The molecule has 0 bridgehead atoms. The standard InChI is InChI=1S/C50H36N4/c1-33-15-8-12-25-45(33)54-46-26-13-10-23-41(46)47-48(51-42-24-11-9-22-40(42)49(47)54)39-21-14-20-38(31-39)44-32-43(52-50(53-44)37-18-6-3-7-19-37)36-29-27-35(28-30-36)34-16-4-2-5-17-34/h2-14,16-33H,15H2,1H3. The Morgan fingerprint density at radius 1 is 0.519 bits per heavy atom. The van der Waals surface area contributed by atoms with E-state index < -0.39 is 0 Å². The first kappa shape index (κ1) is 31.8. The lowest BCUT2D eigenvalue weighted by Crippen LogP contribution is -2.08. The predicted molar refractivity (Wildman–Crippen MR) is 225 cm³/mol. The second kappa shape index (κ2) is 13.3. The Bertz CT molecular complexity index is 2900. The molecule has 0 amide bonds. The van der Waals surface area contributed by atoms with E-state index in [4.69, 9.17) is 15.0 Å². The van der Waals surface area contributed by atoms with Gasteiger partial charge in [-0.2, -0.15) is 0 Å². The summed E-state index contributed by atoms with van der Waals surface area (Å²) >= 11 is 0. The molecule has 0 saturated heterocycles. The number of allylic oxidation sites excluding steroid dienone is 4. The van der Waals surface area contributed by atoms with Crippen molar-refractivity contribution in [3.05, 3.63) is 182 Å². The molecule has 0 spiro atoms. The fourth-order valence-corrected chi connectivity index (χ4v) is 7.94. The average molecular weight is 693 g/mol. The fourth-order valence-electron chi connectivity index (χ4n) is 7.94. The number of fused-ring (bicyclic) bond motifs is 5. The largest absolute Gasteiger partial charge is 0.312 e. The van der Waals surface area contributed by atoms with Crippen LogP contribution in [0.5, 0.6) is 0 Å². The molecule has 0 aliphatic heterocycles. The molecule has 9 aromatic rings. The molecule has 0 saturated carbocycles. The van der Waals surface area contributed by atoms with Crippen LogP contribution in [0.4, 0.5) is 0 Å². The van der Waals surface area contributed by atoms with Crippen LogP contribution >= 0.6 is 0 Å². The summed E-state index contributed by atoms with van der Waals surface area (Å²) in [7, 11) is 0. The highest BCUT2D eigenvalue weighted by molar-refractivity contribution is 6.23. The number of para-hydroxylation sites is 2. The Kier molecular flexibility index (Phi) is 7.80. The van der Waals surface area contributed by atoms with Crippen LogP contribution in [0.1, 0.15) is 13.3 Å². The summed E-state index contributed by atoms with van der Waals surface area (Å²) in [5.74, 6) is 1.08. The predicted octanol–water partition coefficient (Wildman–Crippen LogP) is 12.9. The number of pyridine rings is 1. The Hall–Kier alpha value is -6.91. The van der Waals surface area contributed by atoms with Crippen molar-refractivity contribution in [2.75, 3.05) is 0 Å². The first-order valence-corrected chi connectivity index (χ1v) is 18.6. The maximum absolute atomic E-state index is 5.42.